The van der Waals surface area contributed by atoms with Gasteiger partial charge in [0, 0.05) is 5.56 Å². The molecule has 0 fully saturated rings. The molecule has 0 bridgehead atoms. The first-order chi connectivity index (χ1) is 8.99. The van der Waals surface area contributed by atoms with Gasteiger partial charge in [-0.25, -0.2) is 4.39 Å². The Hall–Kier alpha value is -1.94. The molecular formula is C15H15FN2S. The molecule has 0 spiro atoms. The number of aryl methyl sites for hydroxylation is 2. The van der Waals surface area contributed by atoms with Crippen LogP contribution in [0.2, 0.25) is 0 Å². The van der Waals surface area contributed by atoms with E-state index < -0.39 is 0 Å². The Morgan fingerprint density at radius 2 is 1.95 bits per heavy atom. The lowest BCUT2D eigenvalue weighted by Gasteiger charge is -2.15. The van der Waals surface area contributed by atoms with Crippen LogP contribution in [0.15, 0.2) is 36.4 Å². The van der Waals surface area contributed by atoms with Gasteiger partial charge in [0.25, 0.3) is 0 Å². The molecule has 0 amide bonds. The maximum absolute atomic E-state index is 13.8. The molecule has 2 nitrogen and oxygen atoms in total. The summed E-state index contributed by atoms with van der Waals surface area (Å²) < 4.78 is 13.8. The highest BCUT2D eigenvalue weighted by Gasteiger charge is 2.10. The van der Waals surface area contributed by atoms with Gasteiger partial charge in [0.05, 0.1) is 11.4 Å². The summed E-state index contributed by atoms with van der Waals surface area (Å²) in [5, 5.41) is 3.09. The van der Waals surface area contributed by atoms with E-state index in [9.17, 15) is 4.39 Å². The Labute approximate surface area is 117 Å². The minimum atomic E-state index is -0.303. The zero-order chi connectivity index (χ0) is 14.0. The zero-order valence-electron chi connectivity index (χ0n) is 10.8. The van der Waals surface area contributed by atoms with E-state index in [4.69, 9.17) is 18.0 Å². The van der Waals surface area contributed by atoms with Gasteiger partial charge < -0.3 is 11.1 Å². The molecule has 98 valence electrons. The zero-order valence-corrected chi connectivity index (χ0v) is 11.6. The molecule has 19 heavy (non-hydrogen) atoms. The SMILES string of the molecule is Cc1ccc(F)c(Nc2c(C)cccc2C(N)=S)c1. The lowest BCUT2D eigenvalue weighted by molar-refractivity contribution is 0.631. The lowest BCUT2D eigenvalue weighted by atomic mass is 10.1. The van der Waals surface area contributed by atoms with Crippen molar-refractivity contribution in [2.24, 2.45) is 5.73 Å². The minimum Gasteiger partial charge on any atom is -0.389 e. The van der Waals surface area contributed by atoms with Crippen molar-refractivity contribution in [2.75, 3.05) is 5.32 Å². The van der Waals surface area contributed by atoms with E-state index in [1.807, 2.05) is 32.0 Å². The third-order valence-electron chi connectivity index (χ3n) is 2.92. The van der Waals surface area contributed by atoms with E-state index in [1.54, 1.807) is 12.1 Å². The molecule has 0 heterocycles. The van der Waals surface area contributed by atoms with Crippen molar-refractivity contribution >= 4 is 28.6 Å². The van der Waals surface area contributed by atoms with Crippen LogP contribution in [0.25, 0.3) is 0 Å². The smallest absolute Gasteiger partial charge is 0.146 e. The van der Waals surface area contributed by atoms with E-state index in [0.717, 1.165) is 22.4 Å². The number of para-hydroxylation sites is 1. The molecule has 0 aliphatic rings. The largest absolute Gasteiger partial charge is 0.389 e. The molecular weight excluding hydrogens is 259 g/mol. The van der Waals surface area contributed by atoms with Gasteiger partial charge in [-0.1, -0.05) is 30.4 Å². The number of halogens is 1. The Morgan fingerprint density at radius 3 is 2.63 bits per heavy atom. The lowest BCUT2D eigenvalue weighted by Crippen LogP contribution is -2.13. The summed E-state index contributed by atoms with van der Waals surface area (Å²) in [5.74, 6) is -0.303. The van der Waals surface area contributed by atoms with Crippen LogP contribution in [0, 0.1) is 19.7 Å². The Morgan fingerprint density at radius 1 is 1.21 bits per heavy atom. The van der Waals surface area contributed by atoms with Crippen LogP contribution in [-0.4, -0.2) is 4.99 Å². The van der Waals surface area contributed by atoms with Crippen molar-refractivity contribution in [3.8, 4) is 0 Å². The minimum absolute atomic E-state index is 0.291. The van der Waals surface area contributed by atoms with Crippen LogP contribution >= 0.6 is 12.2 Å². The first-order valence-electron chi connectivity index (χ1n) is 5.91. The average Bonchev–Trinajstić information content (AvgIpc) is 2.35. The first-order valence-corrected chi connectivity index (χ1v) is 6.32. The number of thiocarbonyl (C=S) groups is 1. The summed E-state index contributed by atoms with van der Waals surface area (Å²) in [5.41, 5.74) is 9.54. The molecule has 0 atom stereocenters. The van der Waals surface area contributed by atoms with Crippen LogP contribution in [0.1, 0.15) is 16.7 Å². The van der Waals surface area contributed by atoms with E-state index in [-0.39, 0.29) is 5.82 Å². The number of nitrogens with one attached hydrogen (secondary N) is 1. The molecule has 4 heteroatoms. The van der Waals surface area contributed by atoms with Crippen LogP contribution in [0.4, 0.5) is 15.8 Å². The van der Waals surface area contributed by atoms with Gasteiger partial charge in [0.15, 0.2) is 0 Å². The highest BCUT2D eigenvalue weighted by Crippen LogP contribution is 2.27. The van der Waals surface area contributed by atoms with Crippen molar-refractivity contribution in [1.29, 1.82) is 0 Å². The van der Waals surface area contributed by atoms with Crippen molar-refractivity contribution in [3.05, 3.63) is 58.9 Å². The molecule has 0 unspecified atom stereocenters. The standard InChI is InChI=1S/C15H15FN2S/c1-9-6-7-12(16)13(8-9)18-14-10(2)4-3-5-11(14)15(17)19/h3-8,18H,1-2H3,(H2,17,19). The normalized spacial score (nSPS) is 10.3. The third kappa shape index (κ3) is 2.90. The third-order valence-corrected chi connectivity index (χ3v) is 3.14. The summed E-state index contributed by atoms with van der Waals surface area (Å²) in [6, 6.07) is 10.6. The van der Waals surface area contributed by atoms with Crippen LogP contribution in [0.3, 0.4) is 0 Å². The first kappa shape index (κ1) is 13.5. The summed E-state index contributed by atoms with van der Waals surface area (Å²) in [6.07, 6.45) is 0. The molecule has 2 aromatic rings. The van der Waals surface area contributed by atoms with E-state index in [2.05, 4.69) is 5.32 Å². The second-order valence-electron chi connectivity index (χ2n) is 4.47. The van der Waals surface area contributed by atoms with E-state index >= 15 is 0 Å². The number of hydrogen-bond donors (Lipinski definition) is 2. The number of nitrogens with two attached hydrogens (primary N) is 1. The number of benzene rings is 2. The second-order valence-corrected chi connectivity index (χ2v) is 4.91. The monoisotopic (exact) mass is 274 g/mol. The van der Waals surface area contributed by atoms with Crippen molar-refractivity contribution in [3.63, 3.8) is 0 Å². The van der Waals surface area contributed by atoms with Gasteiger partial charge in [-0.3, -0.25) is 0 Å². The van der Waals surface area contributed by atoms with E-state index in [0.29, 0.717) is 10.7 Å². The average molecular weight is 274 g/mol. The van der Waals surface area contributed by atoms with Gasteiger partial charge in [0.2, 0.25) is 0 Å². The quantitative estimate of drug-likeness (QED) is 0.836. The number of rotatable bonds is 3. The maximum atomic E-state index is 13.8. The predicted molar refractivity (Wildman–Crippen MR) is 81.5 cm³/mol. The fraction of sp³-hybridized carbons (Fsp3) is 0.133. The number of anilines is 2. The highest BCUT2D eigenvalue weighted by atomic mass is 32.1. The second kappa shape index (κ2) is 5.36. The van der Waals surface area contributed by atoms with Crippen LogP contribution in [0.5, 0.6) is 0 Å². The van der Waals surface area contributed by atoms with Crippen molar-refractivity contribution in [2.45, 2.75) is 13.8 Å². The highest BCUT2D eigenvalue weighted by molar-refractivity contribution is 7.80. The van der Waals surface area contributed by atoms with Gasteiger partial charge in [-0.15, -0.1) is 0 Å². The molecule has 2 rings (SSSR count). The topological polar surface area (TPSA) is 38.0 Å². The Balaban J connectivity index is 2.49. The Bertz CT molecular complexity index is 638. The molecule has 0 radical (unpaired) electrons. The number of hydrogen-bond acceptors (Lipinski definition) is 2. The maximum Gasteiger partial charge on any atom is 0.146 e. The predicted octanol–water partition coefficient (Wildman–Crippen LogP) is 3.82. The summed E-state index contributed by atoms with van der Waals surface area (Å²) in [6.45, 7) is 3.84. The van der Waals surface area contributed by atoms with Crippen LogP contribution < -0.4 is 11.1 Å². The molecule has 3 N–H and O–H groups in total. The van der Waals surface area contributed by atoms with Gasteiger partial charge >= 0.3 is 0 Å². The molecule has 0 aromatic heterocycles. The fourth-order valence-corrected chi connectivity index (χ4v) is 2.08. The van der Waals surface area contributed by atoms with Gasteiger partial charge in [-0.05, 0) is 43.2 Å². The summed E-state index contributed by atoms with van der Waals surface area (Å²) >= 11 is 5.03. The van der Waals surface area contributed by atoms with Gasteiger partial charge in [0.1, 0.15) is 10.8 Å². The molecule has 0 aliphatic heterocycles. The molecule has 2 aromatic carbocycles. The van der Waals surface area contributed by atoms with Crippen molar-refractivity contribution < 1.29 is 4.39 Å². The molecule has 0 saturated carbocycles. The van der Waals surface area contributed by atoms with Crippen LogP contribution in [-0.2, 0) is 0 Å². The van der Waals surface area contributed by atoms with Crippen molar-refractivity contribution in [1.82, 2.24) is 0 Å². The van der Waals surface area contributed by atoms with Gasteiger partial charge in [-0.2, -0.15) is 0 Å². The molecule has 0 saturated heterocycles. The fourth-order valence-electron chi connectivity index (χ4n) is 1.91. The van der Waals surface area contributed by atoms with E-state index in [1.165, 1.54) is 6.07 Å². The summed E-state index contributed by atoms with van der Waals surface area (Å²) in [4.78, 5) is 0.291. The summed E-state index contributed by atoms with van der Waals surface area (Å²) in [7, 11) is 0. The Kier molecular flexibility index (Phi) is 3.81. The molecule has 0 aliphatic carbocycles.